The Hall–Kier alpha value is -2.18. The number of ether oxygens (including phenoxy) is 1. The molecule has 0 radical (unpaired) electrons. The molecular formula is C24H26ClNO3S. The Morgan fingerprint density at radius 1 is 0.967 bits per heavy atom. The first-order chi connectivity index (χ1) is 14.5. The van der Waals surface area contributed by atoms with Crippen molar-refractivity contribution in [2.24, 2.45) is 0 Å². The van der Waals surface area contributed by atoms with Crippen LogP contribution >= 0.6 is 23.4 Å². The molecule has 0 aliphatic rings. The molecule has 3 aromatic rings. The van der Waals surface area contributed by atoms with Crippen LogP contribution in [0, 0.1) is 0 Å². The van der Waals surface area contributed by atoms with Gasteiger partial charge in [0.25, 0.3) is 0 Å². The number of nitrogen functional groups attached to an aromatic ring is 1. The van der Waals surface area contributed by atoms with E-state index in [1.807, 2.05) is 66.7 Å². The van der Waals surface area contributed by atoms with Crippen LogP contribution in [0.5, 0.6) is 5.75 Å². The Kier molecular flexibility index (Phi) is 8.46. The van der Waals surface area contributed by atoms with Gasteiger partial charge < -0.3 is 20.7 Å². The lowest BCUT2D eigenvalue weighted by atomic mass is 10.0. The summed E-state index contributed by atoms with van der Waals surface area (Å²) >= 11 is 8.03. The van der Waals surface area contributed by atoms with Crippen LogP contribution in [-0.4, -0.2) is 22.9 Å². The molecule has 3 rings (SSSR count). The minimum atomic E-state index is -0.557. The van der Waals surface area contributed by atoms with Crippen molar-refractivity contribution >= 4 is 29.1 Å². The molecule has 30 heavy (non-hydrogen) atoms. The average molecular weight is 444 g/mol. The molecule has 0 saturated carbocycles. The SMILES string of the molecule is Nc1cc(Sc2cccc(OCc3ccccc3)c2)cc(Cl)c1CCC(O)CCO. The van der Waals surface area contributed by atoms with Crippen molar-refractivity contribution in [2.45, 2.75) is 41.8 Å². The zero-order valence-electron chi connectivity index (χ0n) is 16.6. The molecule has 0 aromatic heterocycles. The highest BCUT2D eigenvalue weighted by atomic mass is 35.5. The molecule has 0 spiro atoms. The molecule has 0 aliphatic carbocycles. The minimum Gasteiger partial charge on any atom is -0.489 e. The van der Waals surface area contributed by atoms with Crippen molar-refractivity contribution in [1.82, 2.24) is 0 Å². The summed E-state index contributed by atoms with van der Waals surface area (Å²) < 4.78 is 5.91. The molecule has 4 nitrogen and oxygen atoms in total. The summed E-state index contributed by atoms with van der Waals surface area (Å²) in [4.78, 5) is 1.97. The van der Waals surface area contributed by atoms with Crippen molar-refractivity contribution in [3.05, 3.63) is 82.9 Å². The third-order valence-electron chi connectivity index (χ3n) is 4.68. The van der Waals surface area contributed by atoms with Crippen LogP contribution in [0.4, 0.5) is 5.69 Å². The quantitative estimate of drug-likeness (QED) is 0.369. The van der Waals surface area contributed by atoms with Crippen LogP contribution in [0.1, 0.15) is 24.0 Å². The fourth-order valence-electron chi connectivity index (χ4n) is 3.06. The molecule has 0 amide bonds. The largest absolute Gasteiger partial charge is 0.489 e. The van der Waals surface area contributed by atoms with E-state index in [9.17, 15) is 5.11 Å². The molecular weight excluding hydrogens is 418 g/mol. The first-order valence-electron chi connectivity index (χ1n) is 9.86. The van der Waals surface area contributed by atoms with Gasteiger partial charge in [-0.25, -0.2) is 0 Å². The van der Waals surface area contributed by atoms with Gasteiger partial charge >= 0.3 is 0 Å². The van der Waals surface area contributed by atoms with Crippen molar-refractivity contribution in [3.63, 3.8) is 0 Å². The summed E-state index contributed by atoms with van der Waals surface area (Å²) in [5, 5.41) is 19.3. The first-order valence-corrected chi connectivity index (χ1v) is 11.1. The van der Waals surface area contributed by atoms with Gasteiger partial charge in [-0.1, -0.05) is 59.8 Å². The van der Waals surface area contributed by atoms with Crippen LogP contribution in [0.2, 0.25) is 5.02 Å². The summed E-state index contributed by atoms with van der Waals surface area (Å²) in [5.74, 6) is 0.803. The fraction of sp³-hybridized carbons (Fsp3) is 0.250. The van der Waals surface area contributed by atoms with Crippen molar-refractivity contribution < 1.29 is 14.9 Å². The lowest BCUT2D eigenvalue weighted by Gasteiger charge is -2.14. The Bertz CT molecular complexity index is 929. The van der Waals surface area contributed by atoms with E-state index in [0.717, 1.165) is 26.7 Å². The topological polar surface area (TPSA) is 75.7 Å². The van der Waals surface area contributed by atoms with E-state index in [1.165, 1.54) is 0 Å². The molecule has 158 valence electrons. The third kappa shape index (κ3) is 6.67. The molecule has 1 atom stereocenters. The van der Waals surface area contributed by atoms with Crippen LogP contribution in [0.25, 0.3) is 0 Å². The number of benzene rings is 3. The van der Waals surface area contributed by atoms with Gasteiger partial charge in [0.05, 0.1) is 6.10 Å². The third-order valence-corrected chi connectivity index (χ3v) is 5.98. The highest BCUT2D eigenvalue weighted by Crippen LogP contribution is 2.36. The number of halogens is 1. The molecule has 0 fully saturated rings. The van der Waals surface area contributed by atoms with Gasteiger partial charge in [0.15, 0.2) is 0 Å². The predicted octanol–water partition coefficient (Wildman–Crippen LogP) is 5.33. The Morgan fingerprint density at radius 2 is 1.77 bits per heavy atom. The van der Waals surface area contributed by atoms with Gasteiger partial charge in [0, 0.05) is 27.1 Å². The molecule has 0 bridgehead atoms. The van der Waals surface area contributed by atoms with Crippen LogP contribution in [0.3, 0.4) is 0 Å². The normalized spacial score (nSPS) is 12.0. The van der Waals surface area contributed by atoms with E-state index < -0.39 is 6.10 Å². The summed E-state index contributed by atoms with van der Waals surface area (Å²) in [7, 11) is 0. The van der Waals surface area contributed by atoms with Crippen LogP contribution < -0.4 is 10.5 Å². The van der Waals surface area contributed by atoms with Crippen LogP contribution in [-0.2, 0) is 13.0 Å². The Morgan fingerprint density at radius 3 is 2.50 bits per heavy atom. The summed E-state index contributed by atoms with van der Waals surface area (Å²) in [6, 6.07) is 21.8. The first kappa shape index (κ1) is 22.5. The van der Waals surface area contributed by atoms with Gasteiger partial charge in [0.1, 0.15) is 12.4 Å². The predicted molar refractivity (Wildman–Crippen MR) is 123 cm³/mol. The standard InChI is InChI=1S/C24H26ClNO3S/c25-23-14-21(15-24(26)22(23)10-9-18(28)11-12-27)30-20-8-4-7-19(13-20)29-16-17-5-2-1-3-6-17/h1-8,13-15,18,27-28H,9-12,16,26H2. The number of hydrogen-bond donors (Lipinski definition) is 3. The molecule has 4 N–H and O–H groups in total. The lowest BCUT2D eigenvalue weighted by Crippen LogP contribution is -2.10. The molecule has 0 saturated heterocycles. The lowest BCUT2D eigenvalue weighted by molar-refractivity contribution is 0.125. The summed E-state index contributed by atoms with van der Waals surface area (Å²) in [6.45, 7) is 0.485. The van der Waals surface area contributed by atoms with Gasteiger partial charge in [0.2, 0.25) is 0 Å². The summed E-state index contributed by atoms with van der Waals surface area (Å²) in [5.41, 5.74) is 8.79. The molecule has 1 unspecified atom stereocenters. The molecule has 3 aromatic carbocycles. The van der Waals surface area contributed by atoms with E-state index in [0.29, 0.717) is 36.6 Å². The second-order valence-electron chi connectivity index (χ2n) is 7.03. The number of hydrogen-bond acceptors (Lipinski definition) is 5. The maximum Gasteiger partial charge on any atom is 0.120 e. The van der Waals surface area contributed by atoms with E-state index in [4.69, 9.17) is 27.2 Å². The van der Waals surface area contributed by atoms with Crippen molar-refractivity contribution in [3.8, 4) is 5.75 Å². The Labute approximate surface area is 186 Å². The maximum absolute atomic E-state index is 9.82. The number of aliphatic hydroxyl groups excluding tert-OH is 2. The zero-order chi connectivity index (χ0) is 21.3. The number of rotatable bonds is 10. The van der Waals surface area contributed by atoms with Crippen LogP contribution in [0.15, 0.2) is 76.5 Å². The molecule has 0 heterocycles. The average Bonchev–Trinajstić information content (AvgIpc) is 2.73. The van der Waals surface area contributed by atoms with Gasteiger partial charge in [-0.2, -0.15) is 0 Å². The zero-order valence-corrected chi connectivity index (χ0v) is 18.2. The van der Waals surface area contributed by atoms with Gasteiger partial charge in [-0.05, 0) is 60.7 Å². The van der Waals surface area contributed by atoms with E-state index in [2.05, 4.69) is 0 Å². The highest BCUT2D eigenvalue weighted by molar-refractivity contribution is 7.99. The van der Waals surface area contributed by atoms with E-state index in [1.54, 1.807) is 11.8 Å². The van der Waals surface area contributed by atoms with Crippen molar-refractivity contribution in [1.29, 1.82) is 0 Å². The van der Waals surface area contributed by atoms with Crippen molar-refractivity contribution in [2.75, 3.05) is 12.3 Å². The maximum atomic E-state index is 9.82. The minimum absolute atomic E-state index is 0.0336. The summed E-state index contributed by atoms with van der Waals surface area (Å²) in [6.07, 6.45) is 0.879. The second kappa shape index (κ2) is 11.3. The number of anilines is 1. The van der Waals surface area contributed by atoms with Gasteiger partial charge in [-0.15, -0.1) is 0 Å². The second-order valence-corrected chi connectivity index (χ2v) is 8.58. The molecule has 0 aliphatic heterocycles. The molecule has 6 heteroatoms. The highest BCUT2D eigenvalue weighted by Gasteiger charge is 2.12. The van der Waals surface area contributed by atoms with E-state index in [-0.39, 0.29) is 6.61 Å². The monoisotopic (exact) mass is 443 g/mol. The number of nitrogens with two attached hydrogens (primary N) is 1. The Balaban J connectivity index is 1.64. The number of aliphatic hydroxyl groups is 2. The smallest absolute Gasteiger partial charge is 0.120 e. The van der Waals surface area contributed by atoms with Gasteiger partial charge in [-0.3, -0.25) is 0 Å². The van der Waals surface area contributed by atoms with E-state index >= 15 is 0 Å². The fourth-order valence-corrected chi connectivity index (χ4v) is 4.41.